The zero-order valence-corrected chi connectivity index (χ0v) is 18.5. The highest BCUT2D eigenvalue weighted by Crippen LogP contribution is 2.41. The number of benzene rings is 1. The highest BCUT2D eigenvalue weighted by atomic mass is 16.4. The molecule has 1 aliphatic rings. The van der Waals surface area contributed by atoms with E-state index in [2.05, 4.69) is 61.5 Å². The van der Waals surface area contributed by atoms with Crippen LogP contribution in [-0.4, -0.2) is 66.2 Å². The van der Waals surface area contributed by atoms with Crippen LogP contribution >= 0.6 is 0 Å². The second-order valence-corrected chi connectivity index (χ2v) is 8.69. The van der Waals surface area contributed by atoms with Crippen LogP contribution in [-0.2, 0) is 5.41 Å². The lowest BCUT2D eigenvalue weighted by Crippen LogP contribution is -2.45. The second-order valence-electron chi connectivity index (χ2n) is 8.69. The van der Waals surface area contributed by atoms with E-state index in [0.29, 0.717) is 17.6 Å². The van der Waals surface area contributed by atoms with Gasteiger partial charge in [-0.05, 0) is 55.1 Å². The van der Waals surface area contributed by atoms with Gasteiger partial charge in [-0.3, -0.25) is 0 Å². The Labute approximate surface area is 187 Å². The molecule has 0 radical (unpaired) electrons. The molecule has 0 amide bonds. The zero-order valence-electron chi connectivity index (χ0n) is 18.5. The van der Waals surface area contributed by atoms with Crippen molar-refractivity contribution in [2.45, 2.75) is 44.9 Å². The van der Waals surface area contributed by atoms with Crippen molar-refractivity contribution in [3.05, 3.63) is 53.6 Å². The molecule has 4 rings (SSSR count). The average molecular weight is 436 g/mol. The SMILES string of the molecule is CCCC(C)CN1CCC(c2cccc(-c3nn[nH]n3)c2)(c2ncc(C(=O)O)cn2)CC1. The van der Waals surface area contributed by atoms with Gasteiger partial charge < -0.3 is 10.0 Å². The minimum absolute atomic E-state index is 0.0928. The number of likely N-dealkylation sites (tertiary alicyclic amines) is 1. The molecular formula is C23H29N7O2. The number of carbonyl (C=O) groups is 1. The second kappa shape index (κ2) is 9.52. The molecule has 1 atom stereocenters. The van der Waals surface area contributed by atoms with Gasteiger partial charge in [-0.25, -0.2) is 14.8 Å². The van der Waals surface area contributed by atoms with Crippen molar-refractivity contribution < 1.29 is 9.90 Å². The molecule has 2 aromatic heterocycles. The number of carboxylic acids is 1. The quantitative estimate of drug-likeness (QED) is 0.553. The third-order valence-electron chi connectivity index (χ3n) is 6.41. The minimum Gasteiger partial charge on any atom is -0.478 e. The van der Waals surface area contributed by atoms with Crippen LogP contribution in [0.4, 0.5) is 0 Å². The first kappa shape index (κ1) is 22.0. The smallest absolute Gasteiger partial charge is 0.338 e. The van der Waals surface area contributed by atoms with E-state index in [9.17, 15) is 9.90 Å². The minimum atomic E-state index is -1.02. The van der Waals surface area contributed by atoms with Gasteiger partial charge in [-0.15, -0.1) is 10.2 Å². The van der Waals surface area contributed by atoms with Crippen LogP contribution < -0.4 is 0 Å². The van der Waals surface area contributed by atoms with E-state index in [1.54, 1.807) is 0 Å². The summed E-state index contributed by atoms with van der Waals surface area (Å²) < 4.78 is 0. The van der Waals surface area contributed by atoms with Gasteiger partial charge in [0.1, 0.15) is 5.82 Å². The maximum Gasteiger partial charge on any atom is 0.338 e. The number of aromatic amines is 1. The summed E-state index contributed by atoms with van der Waals surface area (Å²) in [7, 11) is 0. The Kier molecular flexibility index (Phi) is 6.55. The molecule has 9 nitrogen and oxygen atoms in total. The molecule has 32 heavy (non-hydrogen) atoms. The fourth-order valence-electron chi connectivity index (χ4n) is 4.71. The summed E-state index contributed by atoms with van der Waals surface area (Å²) in [6, 6.07) is 8.12. The van der Waals surface area contributed by atoms with E-state index in [0.717, 1.165) is 43.6 Å². The van der Waals surface area contributed by atoms with Crippen LogP contribution in [0.1, 0.15) is 61.3 Å². The molecule has 168 valence electrons. The van der Waals surface area contributed by atoms with E-state index < -0.39 is 11.4 Å². The van der Waals surface area contributed by atoms with Crippen molar-refractivity contribution in [3.8, 4) is 11.4 Å². The van der Waals surface area contributed by atoms with Crippen LogP contribution in [0.2, 0.25) is 0 Å². The molecule has 3 aromatic rings. The first-order valence-electron chi connectivity index (χ1n) is 11.1. The molecular weight excluding hydrogens is 406 g/mol. The molecule has 1 aliphatic heterocycles. The van der Waals surface area contributed by atoms with Crippen LogP contribution in [0.3, 0.4) is 0 Å². The van der Waals surface area contributed by atoms with Gasteiger partial charge in [-0.2, -0.15) is 5.21 Å². The summed E-state index contributed by atoms with van der Waals surface area (Å²) in [6.45, 7) is 7.50. The highest BCUT2D eigenvalue weighted by molar-refractivity contribution is 5.86. The predicted octanol–water partition coefficient (Wildman–Crippen LogP) is 3.17. The predicted molar refractivity (Wildman–Crippen MR) is 119 cm³/mol. The zero-order chi connectivity index (χ0) is 22.6. The first-order valence-corrected chi connectivity index (χ1v) is 11.1. The molecule has 3 heterocycles. The van der Waals surface area contributed by atoms with Crippen molar-refractivity contribution in [1.82, 2.24) is 35.5 Å². The summed E-state index contributed by atoms with van der Waals surface area (Å²) in [5.41, 5.74) is 1.65. The van der Waals surface area contributed by atoms with Crippen molar-refractivity contribution in [2.24, 2.45) is 5.92 Å². The van der Waals surface area contributed by atoms with Crippen LogP contribution in [0.5, 0.6) is 0 Å². The van der Waals surface area contributed by atoms with Gasteiger partial charge >= 0.3 is 5.97 Å². The number of aromatic carboxylic acids is 1. The number of carboxylic acid groups (broad SMARTS) is 1. The Morgan fingerprint density at radius 1 is 1.25 bits per heavy atom. The fourth-order valence-corrected chi connectivity index (χ4v) is 4.71. The Balaban J connectivity index is 1.67. The summed E-state index contributed by atoms with van der Waals surface area (Å²) in [5, 5.41) is 23.7. The largest absolute Gasteiger partial charge is 0.478 e. The van der Waals surface area contributed by atoms with E-state index >= 15 is 0 Å². The first-order chi connectivity index (χ1) is 15.5. The number of rotatable bonds is 8. The van der Waals surface area contributed by atoms with Crippen LogP contribution in [0.25, 0.3) is 11.4 Å². The third kappa shape index (κ3) is 4.52. The topological polar surface area (TPSA) is 121 Å². The molecule has 1 aromatic carbocycles. The summed E-state index contributed by atoms with van der Waals surface area (Å²) in [5.74, 6) is 0.841. The lowest BCUT2D eigenvalue weighted by atomic mass is 9.71. The number of tetrazole rings is 1. The molecule has 0 bridgehead atoms. The van der Waals surface area contributed by atoms with Crippen molar-refractivity contribution in [1.29, 1.82) is 0 Å². The van der Waals surface area contributed by atoms with Gasteiger partial charge in [0.05, 0.1) is 11.0 Å². The van der Waals surface area contributed by atoms with Gasteiger partial charge in [0, 0.05) is 24.5 Å². The lowest BCUT2D eigenvalue weighted by Gasteiger charge is -2.42. The molecule has 1 saturated heterocycles. The van der Waals surface area contributed by atoms with Crippen molar-refractivity contribution in [3.63, 3.8) is 0 Å². The molecule has 0 saturated carbocycles. The summed E-state index contributed by atoms with van der Waals surface area (Å²) in [6.07, 6.45) is 6.96. The van der Waals surface area contributed by atoms with E-state index in [1.807, 2.05) is 12.1 Å². The number of nitrogens with one attached hydrogen (secondary N) is 1. The Hall–Kier alpha value is -3.20. The molecule has 0 spiro atoms. The maximum atomic E-state index is 11.3. The van der Waals surface area contributed by atoms with Crippen LogP contribution in [0, 0.1) is 5.92 Å². The van der Waals surface area contributed by atoms with Crippen molar-refractivity contribution in [2.75, 3.05) is 19.6 Å². The standard InChI is InChI=1S/C23H29N7O2/c1-3-5-16(2)15-30-10-8-23(9-11-30,22-24-13-18(14-25-22)21(31)32)19-7-4-6-17(12-19)20-26-28-29-27-20/h4,6-7,12-14,16H,3,5,8-11,15H2,1-2H3,(H,31,32)(H,26,27,28,29). The monoisotopic (exact) mass is 435 g/mol. The van der Waals surface area contributed by atoms with E-state index in [4.69, 9.17) is 0 Å². The highest BCUT2D eigenvalue weighted by Gasteiger charge is 2.41. The number of aromatic nitrogens is 6. The maximum absolute atomic E-state index is 11.3. The van der Waals surface area contributed by atoms with Gasteiger partial charge in [0.25, 0.3) is 0 Å². The Morgan fingerprint density at radius 3 is 2.62 bits per heavy atom. The van der Waals surface area contributed by atoms with Crippen LogP contribution in [0.15, 0.2) is 36.7 Å². The van der Waals surface area contributed by atoms with Gasteiger partial charge in [-0.1, -0.05) is 38.5 Å². The third-order valence-corrected chi connectivity index (χ3v) is 6.41. The average Bonchev–Trinajstić information content (AvgIpc) is 3.35. The number of hydrogen-bond acceptors (Lipinski definition) is 7. The summed E-state index contributed by atoms with van der Waals surface area (Å²) >= 11 is 0. The number of piperidine rings is 1. The lowest BCUT2D eigenvalue weighted by molar-refractivity contribution is 0.0695. The fraction of sp³-hybridized carbons (Fsp3) is 0.478. The molecule has 0 aliphatic carbocycles. The number of H-pyrrole nitrogens is 1. The van der Waals surface area contributed by atoms with Gasteiger partial charge in [0.2, 0.25) is 5.82 Å². The molecule has 1 fully saturated rings. The summed E-state index contributed by atoms with van der Waals surface area (Å²) in [4.78, 5) is 22.9. The molecule has 2 N–H and O–H groups in total. The van der Waals surface area contributed by atoms with E-state index in [1.165, 1.54) is 25.2 Å². The number of hydrogen-bond donors (Lipinski definition) is 2. The Bertz CT molecular complexity index is 1030. The molecule has 1 unspecified atom stereocenters. The van der Waals surface area contributed by atoms with Crippen molar-refractivity contribution >= 4 is 5.97 Å². The van der Waals surface area contributed by atoms with Gasteiger partial charge in [0.15, 0.2) is 0 Å². The Morgan fingerprint density at radius 2 is 2.00 bits per heavy atom. The number of nitrogens with zero attached hydrogens (tertiary/aromatic N) is 6. The van der Waals surface area contributed by atoms with E-state index in [-0.39, 0.29) is 5.56 Å². The normalized spacial score (nSPS) is 17.2. The molecule has 9 heteroatoms.